The lowest BCUT2D eigenvalue weighted by Gasteiger charge is -2.24. The zero-order valence-corrected chi connectivity index (χ0v) is 13.7. The van der Waals surface area contributed by atoms with Crippen molar-refractivity contribution in [1.29, 1.82) is 0 Å². The van der Waals surface area contributed by atoms with E-state index in [-0.39, 0.29) is 6.04 Å². The molecule has 2 rings (SSSR count). The third-order valence-electron chi connectivity index (χ3n) is 4.15. The summed E-state index contributed by atoms with van der Waals surface area (Å²) in [6.45, 7) is 9.60. The first kappa shape index (κ1) is 15.6. The van der Waals surface area contributed by atoms with Crippen LogP contribution in [-0.2, 0) is 0 Å². The van der Waals surface area contributed by atoms with E-state index in [2.05, 4.69) is 63.3 Å². The Morgan fingerprint density at radius 2 is 1.76 bits per heavy atom. The van der Waals surface area contributed by atoms with Crippen molar-refractivity contribution < 1.29 is 4.74 Å². The van der Waals surface area contributed by atoms with Gasteiger partial charge in [0.2, 0.25) is 0 Å². The molecule has 2 aromatic rings. The molecule has 0 amide bonds. The molecule has 0 aliphatic rings. The van der Waals surface area contributed by atoms with Gasteiger partial charge in [0.25, 0.3) is 0 Å². The molecule has 112 valence electrons. The van der Waals surface area contributed by atoms with Crippen LogP contribution in [-0.4, -0.2) is 13.7 Å². The van der Waals surface area contributed by atoms with Crippen LogP contribution in [0.15, 0.2) is 36.4 Å². The van der Waals surface area contributed by atoms with E-state index in [1.807, 2.05) is 6.07 Å². The van der Waals surface area contributed by atoms with Gasteiger partial charge in [-0.2, -0.15) is 0 Å². The highest BCUT2D eigenvalue weighted by Crippen LogP contribution is 2.30. The summed E-state index contributed by atoms with van der Waals surface area (Å²) in [5, 5.41) is 3.62. The van der Waals surface area contributed by atoms with Crippen molar-refractivity contribution in [2.75, 3.05) is 13.7 Å². The van der Waals surface area contributed by atoms with Crippen molar-refractivity contribution in [3.8, 4) is 5.75 Å². The molecule has 2 heteroatoms. The van der Waals surface area contributed by atoms with Crippen molar-refractivity contribution in [1.82, 2.24) is 5.32 Å². The number of hydrogen-bond acceptors (Lipinski definition) is 2. The van der Waals surface area contributed by atoms with Gasteiger partial charge in [-0.3, -0.25) is 0 Å². The number of benzene rings is 2. The molecule has 2 aromatic carbocycles. The zero-order valence-electron chi connectivity index (χ0n) is 13.7. The SMILES string of the molecule is CCNC(c1ccc(OC)cc1C)c1cccc(C)c1C. The number of rotatable bonds is 5. The third-order valence-corrected chi connectivity index (χ3v) is 4.15. The van der Waals surface area contributed by atoms with Crippen LogP contribution in [0.3, 0.4) is 0 Å². The predicted molar refractivity (Wildman–Crippen MR) is 89.2 cm³/mol. The number of nitrogens with one attached hydrogen (secondary N) is 1. The van der Waals surface area contributed by atoms with Crippen LogP contribution in [0.1, 0.15) is 40.8 Å². The Morgan fingerprint density at radius 3 is 2.38 bits per heavy atom. The third kappa shape index (κ3) is 3.27. The quantitative estimate of drug-likeness (QED) is 0.882. The standard InChI is InChI=1S/C19H25NO/c1-6-20-19(18-9-7-8-13(2)15(18)4)17-11-10-16(21-5)12-14(17)3/h7-12,19-20H,6H2,1-5H3. The van der Waals surface area contributed by atoms with Gasteiger partial charge < -0.3 is 10.1 Å². The average molecular weight is 283 g/mol. The van der Waals surface area contributed by atoms with Crippen LogP contribution in [0.5, 0.6) is 5.75 Å². The molecule has 0 spiro atoms. The predicted octanol–water partition coefficient (Wildman–Crippen LogP) is 4.32. The Kier molecular flexibility index (Phi) is 5.03. The molecule has 0 aliphatic heterocycles. The van der Waals surface area contributed by atoms with Crippen LogP contribution < -0.4 is 10.1 Å². The number of ether oxygens (including phenoxy) is 1. The van der Waals surface area contributed by atoms with Gasteiger partial charge in [-0.05, 0) is 67.3 Å². The van der Waals surface area contributed by atoms with E-state index in [0.29, 0.717) is 0 Å². The lowest BCUT2D eigenvalue weighted by molar-refractivity contribution is 0.414. The molecule has 1 N–H and O–H groups in total. The zero-order chi connectivity index (χ0) is 15.4. The van der Waals surface area contributed by atoms with Gasteiger partial charge in [-0.1, -0.05) is 31.2 Å². The van der Waals surface area contributed by atoms with Crippen LogP contribution in [0.25, 0.3) is 0 Å². The minimum Gasteiger partial charge on any atom is -0.497 e. The summed E-state index contributed by atoms with van der Waals surface area (Å²) in [6.07, 6.45) is 0. The van der Waals surface area contributed by atoms with Crippen LogP contribution in [0.2, 0.25) is 0 Å². The fourth-order valence-corrected chi connectivity index (χ4v) is 2.78. The van der Waals surface area contributed by atoms with Gasteiger partial charge in [0, 0.05) is 0 Å². The van der Waals surface area contributed by atoms with Gasteiger partial charge in [0.15, 0.2) is 0 Å². The Balaban J connectivity index is 2.51. The topological polar surface area (TPSA) is 21.3 Å². The van der Waals surface area contributed by atoms with Gasteiger partial charge >= 0.3 is 0 Å². The summed E-state index contributed by atoms with van der Waals surface area (Å²) in [4.78, 5) is 0. The van der Waals surface area contributed by atoms with E-state index < -0.39 is 0 Å². The largest absolute Gasteiger partial charge is 0.497 e. The Bertz CT molecular complexity index is 619. The van der Waals surface area contributed by atoms with E-state index in [1.54, 1.807) is 7.11 Å². The Morgan fingerprint density at radius 1 is 1.00 bits per heavy atom. The molecule has 0 saturated heterocycles. The van der Waals surface area contributed by atoms with Gasteiger partial charge in [-0.15, -0.1) is 0 Å². The Labute approximate surface area is 128 Å². The molecule has 1 atom stereocenters. The maximum absolute atomic E-state index is 5.32. The van der Waals surface area contributed by atoms with E-state index in [9.17, 15) is 0 Å². The van der Waals surface area contributed by atoms with Crippen molar-refractivity contribution in [3.05, 3.63) is 64.2 Å². The average Bonchev–Trinajstić information content (AvgIpc) is 2.48. The minimum absolute atomic E-state index is 0.223. The molecule has 0 fully saturated rings. The fourth-order valence-electron chi connectivity index (χ4n) is 2.78. The fraction of sp³-hybridized carbons (Fsp3) is 0.368. The maximum Gasteiger partial charge on any atom is 0.119 e. The van der Waals surface area contributed by atoms with E-state index >= 15 is 0 Å². The van der Waals surface area contributed by atoms with Gasteiger partial charge in [-0.25, -0.2) is 0 Å². The molecule has 2 nitrogen and oxygen atoms in total. The summed E-state index contributed by atoms with van der Waals surface area (Å²) >= 11 is 0. The minimum atomic E-state index is 0.223. The molecule has 0 bridgehead atoms. The highest BCUT2D eigenvalue weighted by molar-refractivity contribution is 5.45. The molecule has 0 aliphatic carbocycles. The highest BCUT2D eigenvalue weighted by atomic mass is 16.5. The number of aryl methyl sites for hydroxylation is 2. The number of methoxy groups -OCH3 is 1. The molecule has 0 heterocycles. The number of hydrogen-bond donors (Lipinski definition) is 1. The molecule has 1 unspecified atom stereocenters. The first-order valence-corrected chi connectivity index (χ1v) is 7.52. The highest BCUT2D eigenvalue weighted by Gasteiger charge is 2.18. The van der Waals surface area contributed by atoms with Crippen LogP contribution in [0.4, 0.5) is 0 Å². The second-order valence-corrected chi connectivity index (χ2v) is 5.50. The van der Waals surface area contributed by atoms with Gasteiger partial charge in [0.1, 0.15) is 5.75 Å². The van der Waals surface area contributed by atoms with E-state index in [1.165, 1.54) is 27.8 Å². The van der Waals surface area contributed by atoms with Crippen molar-refractivity contribution in [2.45, 2.75) is 33.7 Å². The lowest BCUT2D eigenvalue weighted by atomic mass is 9.90. The summed E-state index contributed by atoms with van der Waals surface area (Å²) in [5.41, 5.74) is 6.61. The van der Waals surface area contributed by atoms with Gasteiger partial charge in [0.05, 0.1) is 13.2 Å². The Hall–Kier alpha value is -1.80. The second kappa shape index (κ2) is 6.77. The van der Waals surface area contributed by atoms with Crippen LogP contribution >= 0.6 is 0 Å². The molecule has 0 radical (unpaired) electrons. The van der Waals surface area contributed by atoms with Crippen molar-refractivity contribution in [2.24, 2.45) is 0 Å². The second-order valence-electron chi connectivity index (χ2n) is 5.50. The normalized spacial score (nSPS) is 12.2. The molecule has 0 aromatic heterocycles. The molecule has 0 saturated carbocycles. The maximum atomic E-state index is 5.32. The molecular formula is C19H25NO. The lowest BCUT2D eigenvalue weighted by Crippen LogP contribution is -2.23. The smallest absolute Gasteiger partial charge is 0.119 e. The molecule has 21 heavy (non-hydrogen) atoms. The summed E-state index contributed by atoms with van der Waals surface area (Å²) in [7, 11) is 1.71. The first-order chi connectivity index (χ1) is 10.1. The van der Waals surface area contributed by atoms with E-state index in [4.69, 9.17) is 4.74 Å². The van der Waals surface area contributed by atoms with Crippen LogP contribution in [0, 0.1) is 20.8 Å². The van der Waals surface area contributed by atoms with E-state index in [0.717, 1.165) is 12.3 Å². The molecular weight excluding hydrogens is 258 g/mol. The summed E-state index contributed by atoms with van der Waals surface area (Å²) in [5.74, 6) is 0.910. The first-order valence-electron chi connectivity index (χ1n) is 7.52. The van der Waals surface area contributed by atoms with Crippen molar-refractivity contribution in [3.63, 3.8) is 0 Å². The summed E-state index contributed by atoms with van der Waals surface area (Å²) in [6, 6.07) is 13.1. The van der Waals surface area contributed by atoms with Crippen molar-refractivity contribution >= 4 is 0 Å². The monoisotopic (exact) mass is 283 g/mol. The summed E-state index contributed by atoms with van der Waals surface area (Å²) < 4.78 is 5.32.